The number of hydrogen-bond acceptors (Lipinski definition) is 7. The van der Waals surface area contributed by atoms with Crippen molar-refractivity contribution in [2.45, 2.75) is 31.5 Å². The molecule has 0 saturated heterocycles. The fourth-order valence-corrected chi connectivity index (χ4v) is 3.57. The second kappa shape index (κ2) is 13.2. The molecule has 174 valence electrons. The van der Waals surface area contributed by atoms with Crippen LogP contribution in [0.4, 0.5) is 10.7 Å². The number of esters is 1. The van der Waals surface area contributed by atoms with Crippen LogP contribution in [0.15, 0.2) is 47.4 Å². The molecule has 0 atom stereocenters. The molecule has 0 unspecified atom stereocenters. The monoisotopic (exact) mass is 500 g/mol. The number of nitrogens with zero attached hydrogens (tertiary/aromatic N) is 2. The molecule has 3 aromatic rings. The Morgan fingerprint density at radius 2 is 1.88 bits per heavy atom. The Balaban J connectivity index is 0.00000256. The van der Waals surface area contributed by atoms with Crippen LogP contribution >= 0.6 is 36.6 Å². The summed E-state index contributed by atoms with van der Waals surface area (Å²) in [4.78, 5) is 29.7. The Morgan fingerprint density at radius 1 is 1.16 bits per heavy atom. The zero-order chi connectivity index (χ0) is 21.5. The van der Waals surface area contributed by atoms with Gasteiger partial charge >= 0.3 is 12.1 Å². The fraction of sp³-hybridized carbons (Fsp3) is 0.286. The minimum absolute atomic E-state index is 0. The van der Waals surface area contributed by atoms with E-state index in [-0.39, 0.29) is 37.5 Å². The molecular weight excluding hydrogens is 475 g/mol. The van der Waals surface area contributed by atoms with Gasteiger partial charge < -0.3 is 15.2 Å². The Bertz CT molecular complexity index is 1040. The molecule has 1 amide bonds. The van der Waals surface area contributed by atoms with Crippen molar-refractivity contribution < 1.29 is 19.1 Å². The smallest absolute Gasteiger partial charge is 0.413 e. The van der Waals surface area contributed by atoms with Crippen molar-refractivity contribution in [2.24, 2.45) is 5.73 Å². The molecule has 11 heteroatoms. The summed E-state index contributed by atoms with van der Waals surface area (Å²) in [7, 11) is 1.27. The van der Waals surface area contributed by atoms with Crippen LogP contribution in [0, 0.1) is 0 Å². The number of carbonyl (C=O) groups is 2. The molecule has 0 aliphatic heterocycles. The van der Waals surface area contributed by atoms with E-state index >= 15 is 0 Å². The number of hydrogen-bond donors (Lipinski definition) is 2. The summed E-state index contributed by atoms with van der Waals surface area (Å²) >= 11 is 1.73. The molecule has 3 N–H and O–H groups in total. The third-order valence-electron chi connectivity index (χ3n) is 4.34. The number of imidazole rings is 1. The minimum atomic E-state index is -0.657. The SMILES string of the molecule is CCCSc1ccc2c(c1)nc(NC(=O)OC)n2COC(=O)c1ccc(CN)cc1.Cl.Cl. The first-order valence-corrected chi connectivity index (χ1v) is 10.5. The van der Waals surface area contributed by atoms with Gasteiger partial charge in [-0.05, 0) is 48.1 Å². The molecule has 0 spiro atoms. The molecule has 3 rings (SSSR count). The van der Waals surface area contributed by atoms with Crippen LogP contribution in [0.2, 0.25) is 0 Å². The number of halogens is 2. The summed E-state index contributed by atoms with van der Waals surface area (Å²) in [6.07, 6.45) is 0.407. The van der Waals surface area contributed by atoms with E-state index in [1.807, 2.05) is 18.2 Å². The number of methoxy groups -OCH3 is 1. The molecular formula is C21H26Cl2N4O4S. The third-order valence-corrected chi connectivity index (χ3v) is 5.54. The molecule has 0 aliphatic rings. The van der Waals surface area contributed by atoms with Crippen molar-refractivity contribution in [3.05, 3.63) is 53.6 Å². The number of ether oxygens (including phenoxy) is 2. The molecule has 32 heavy (non-hydrogen) atoms. The molecule has 1 heterocycles. The van der Waals surface area contributed by atoms with Crippen LogP contribution in [-0.2, 0) is 22.7 Å². The number of nitrogens with two attached hydrogens (primary N) is 1. The summed E-state index contributed by atoms with van der Waals surface area (Å²) in [5, 5.41) is 2.57. The van der Waals surface area contributed by atoms with Gasteiger partial charge in [0.2, 0.25) is 5.95 Å². The molecule has 0 bridgehead atoms. The van der Waals surface area contributed by atoms with Gasteiger partial charge in [-0.25, -0.2) is 14.6 Å². The molecule has 0 saturated carbocycles. The van der Waals surface area contributed by atoms with Crippen molar-refractivity contribution >= 4 is 65.6 Å². The highest BCUT2D eigenvalue weighted by molar-refractivity contribution is 7.99. The molecule has 1 aromatic heterocycles. The maximum Gasteiger partial charge on any atom is 0.413 e. The van der Waals surface area contributed by atoms with Crippen LogP contribution < -0.4 is 11.1 Å². The second-order valence-corrected chi connectivity index (χ2v) is 7.61. The summed E-state index contributed by atoms with van der Waals surface area (Å²) in [5.41, 5.74) is 8.34. The summed E-state index contributed by atoms with van der Waals surface area (Å²) in [6, 6.07) is 12.7. The molecule has 0 radical (unpaired) electrons. The number of nitrogens with one attached hydrogen (secondary N) is 1. The normalized spacial score (nSPS) is 10.1. The van der Waals surface area contributed by atoms with Gasteiger partial charge in [0.15, 0.2) is 6.73 Å². The van der Waals surface area contributed by atoms with Gasteiger partial charge in [-0.3, -0.25) is 9.88 Å². The maximum absolute atomic E-state index is 12.4. The lowest BCUT2D eigenvalue weighted by atomic mass is 10.1. The average molecular weight is 501 g/mol. The van der Waals surface area contributed by atoms with Crippen molar-refractivity contribution in [1.82, 2.24) is 9.55 Å². The number of benzene rings is 2. The van der Waals surface area contributed by atoms with Gasteiger partial charge in [0.1, 0.15) is 0 Å². The first-order chi connectivity index (χ1) is 14.5. The van der Waals surface area contributed by atoms with Crippen LogP contribution in [0.25, 0.3) is 11.0 Å². The lowest BCUT2D eigenvalue weighted by Crippen LogP contribution is -2.17. The van der Waals surface area contributed by atoms with E-state index in [9.17, 15) is 9.59 Å². The van der Waals surface area contributed by atoms with Gasteiger partial charge in [-0.2, -0.15) is 0 Å². The van der Waals surface area contributed by atoms with Crippen molar-refractivity contribution in [2.75, 3.05) is 18.2 Å². The minimum Gasteiger partial charge on any atom is -0.453 e. The first kappa shape index (κ1) is 27.6. The number of rotatable bonds is 8. The molecule has 2 aromatic carbocycles. The van der Waals surface area contributed by atoms with E-state index in [1.54, 1.807) is 40.6 Å². The number of amides is 1. The van der Waals surface area contributed by atoms with Crippen molar-refractivity contribution in [3.63, 3.8) is 0 Å². The largest absolute Gasteiger partial charge is 0.453 e. The fourth-order valence-electron chi connectivity index (χ4n) is 2.77. The Hall–Kier alpha value is -2.46. The van der Waals surface area contributed by atoms with E-state index in [4.69, 9.17) is 10.5 Å². The quantitative estimate of drug-likeness (QED) is 0.336. The predicted octanol–water partition coefficient (Wildman–Crippen LogP) is 4.83. The Kier molecular flexibility index (Phi) is 11.3. The number of aromatic nitrogens is 2. The van der Waals surface area contributed by atoms with E-state index in [0.29, 0.717) is 17.6 Å². The highest BCUT2D eigenvalue weighted by Crippen LogP contribution is 2.26. The van der Waals surface area contributed by atoms with E-state index in [0.717, 1.165) is 28.1 Å². The van der Waals surface area contributed by atoms with Crippen molar-refractivity contribution in [1.29, 1.82) is 0 Å². The van der Waals surface area contributed by atoms with E-state index in [1.165, 1.54) is 7.11 Å². The summed E-state index contributed by atoms with van der Waals surface area (Å²) in [6.45, 7) is 2.41. The predicted molar refractivity (Wildman–Crippen MR) is 131 cm³/mol. The topological polar surface area (TPSA) is 108 Å². The lowest BCUT2D eigenvalue weighted by Gasteiger charge is -2.11. The number of thioether (sulfide) groups is 1. The highest BCUT2D eigenvalue weighted by atomic mass is 35.5. The van der Waals surface area contributed by atoms with Gasteiger partial charge in [-0.15, -0.1) is 36.6 Å². The van der Waals surface area contributed by atoms with Crippen LogP contribution in [0.5, 0.6) is 0 Å². The highest BCUT2D eigenvalue weighted by Gasteiger charge is 2.16. The maximum atomic E-state index is 12.4. The van der Waals surface area contributed by atoms with Crippen molar-refractivity contribution in [3.8, 4) is 0 Å². The van der Waals surface area contributed by atoms with Gasteiger partial charge in [0.25, 0.3) is 0 Å². The number of fused-ring (bicyclic) bond motifs is 1. The van der Waals surface area contributed by atoms with Crippen LogP contribution in [-0.4, -0.2) is 34.5 Å². The summed E-state index contributed by atoms with van der Waals surface area (Å²) in [5.74, 6) is 0.750. The van der Waals surface area contributed by atoms with Crippen LogP contribution in [0.3, 0.4) is 0 Å². The zero-order valence-electron chi connectivity index (χ0n) is 17.7. The average Bonchev–Trinajstić information content (AvgIpc) is 3.11. The van der Waals surface area contributed by atoms with E-state index < -0.39 is 12.1 Å². The number of carbonyl (C=O) groups excluding carboxylic acids is 2. The Labute approximate surface area is 203 Å². The third kappa shape index (κ3) is 6.77. The van der Waals surface area contributed by atoms with Gasteiger partial charge in [0.05, 0.1) is 23.7 Å². The lowest BCUT2D eigenvalue weighted by molar-refractivity contribution is 0.0382. The molecule has 0 fully saturated rings. The van der Waals surface area contributed by atoms with E-state index in [2.05, 4.69) is 22.0 Å². The summed E-state index contributed by atoms with van der Waals surface area (Å²) < 4.78 is 11.8. The zero-order valence-corrected chi connectivity index (χ0v) is 20.1. The van der Waals surface area contributed by atoms with Gasteiger partial charge in [-0.1, -0.05) is 19.1 Å². The van der Waals surface area contributed by atoms with Gasteiger partial charge in [0, 0.05) is 11.4 Å². The number of anilines is 1. The Morgan fingerprint density at radius 3 is 2.50 bits per heavy atom. The first-order valence-electron chi connectivity index (χ1n) is 9.50. The molecule has 8 nitrogen and oxygen atoms in total. The standard InChI is InChI=1S/C21H24N4O4S.2ClH/c1-3-10-30-16-8-9-18-17(11-16)23-20(24-21(27)28-2)25(18)13-29-19(26)15-6-4-14(12-22)5-7-15;;/h4-9,11H,3,10,12-13,22H2,1-2H3,(H,23,24,27);2*1H. The van der Waals surface area contributed by atoms with Crippen LogP contribution in [0.1, 0.15) is 29.3 Å². The second-order valence-electron chi connectivity index (χ2n) is 6.44. The molecule has 0 aliphatic carbocycles.